The molecule has 0 aliphatic carbocycles. The summed E-state index contributed by atoms with van der Waals surface area (Å²) in [6.07, 6.45) is 2.92. The molecule has 1 aliphatic heterocycles. The largest absolute Gasteiger partial charge is 0.444 e. The van der Waals surface area contributed by atoms with E-state index in [1.165, 1.54) is 6.33 Å². The van der Waals surface area contributed by atoms with Gasteiger partial charge in [-0.2, -0.15) is 0 Å². The number of anilines is 1. The van der Waals surface area contributed by atoms with Crippen molar-refractivity contribution in [1.82, 2.24) is 24.8 Å². The summed E-state index contributed by atoms with van der Waals surface area (Å²) < 4.78 is 7.61. The number of amides is 1. The van der Waals surface area contributed by atoms with Crippen LogP contribution in [0.2, 0.25) is 0 Å². The third kappa shape index (κ3) is 3.32. The van der Waals surface area contributed by atoms with Crippen molar-refractivity contribution in [3.8, 4) is 11.1 Å². The maximum absolute atomic E-state index is 12.5. The zero-order valence-corrected chi connectivity index (χ0v) is 18.6. The minimum Gasteiger partial charge on any atom is -0.444 e. The molecule has 1 amide bonds. The second-order valence-electron chi connectivity index (χ2n) is 9.29. The lowest BCUT2D eigenvalue weighted by molar-refractivity contribution is 0.0498. The molecule has 0 spiro atoms. The van der Waals surface area contributed by atoms with Gasteiger partial charge in [0.05, 0.1) is 16.9 Å². The highest BCUT2D eigenvalue weighted by atomic mass is 16.6. The highest BCUT2D eigenvalue weighted by Gasteiger charge is 2.37. The minimum atomic E-state index is -0.558. The monoisotopic (exact) mass is 430 g/mol. The van der Waals surface area contributed by atoms with E-state index < -0.39 is 11.7 Å². The quantitative estimate of drug-likeness (QED) is 0.492. The zero-order chi connectivity index (χ0) is 22.6. The first-order valence-electron chi connectivity index (χ1n) is 10.7. The SMILES string of the molecule is CC1c2c(-c3cnc4ccccc4c3)c3c(N)ncnc3n2C[C@H]1NC(=O)OC(C)(C)C. The van der Waals surface area contributed by atoms with Gasteiger partial charge in [-0.3, -0.25) is 4.98 Å². The van der Waals surface area contributed by atoms with Crippen LogP contribution in [0.4, 0.5) is 10.6 Å². The van der Waals surface area contributed by atoms with Crippen molar-refractivity contribution in [3.05, 3.63) is 48.5 Å². The van der Waals surface area contributed by atoms with Gasteiger partial charge in [0, 0.05) is 40.9 Å². The number of nitrogen functional groups attached to an aromatic ring is 1. The van der Waals surface area contributed by atoms with Gasteiger partial charge in [-0.1, -0.05) is 25.1 Å². The Balaban J connectivity index is 1.63. The Bertz CT molecular complexity index is 1350. The highest BCUT2D eigenvalue weighted by Crippen LogP contribution is 2.44. The van der Waals surface area contributed by atoms with Crippen molar-refractivity contribution < 1.29 is 9.53 Å². The number of hydrogen-bond acceptors (Lipinski definition) is 6. The summed E-state index contributed by atoms with van der Waals surface area (Å²) in [6.45, 7) is 8.23. The summed E-state index contributed by atoms with van der Waals surface area (Å²) in [5, 5.41) is 4.90. The number of alkyl carbamates (subject to hydrolysis) is 1. The predicted molar refractivity (Wildman–Crippen MR) is 124 cm³/mol. The third-order valence-corrected chi connectivity index (χ3v) is 5.90. The molecule has 1 unspecified atom stereocenters. The number of aromatic nitrogens is 4. The van der Waals surface area contributed by atoms with Crippen molar-refractivity contribution >= 4 is 33.8 Å². The van der Waals surface area contributed by atoms with Gasteiger partial charge in [-0.25, -0.2) is 14.8 Å². The molecule has 0 fully saturated rings. The number of benzene rings is 1. The Kier molecular flexibility index (Phi) is 4.54. The molecule has 8 nitrogen and oxygen atoms in total. The number of rotatable bonds is 2. The van der Waals surface area contributed by atoms with Crippen LogP contribution in [-0.2, 0) is 11.3 Å². The molecule has 0 saturated heterocycles. The molecule has 4 heterocycles. The Labute approximate surface area is 185 Å². The van der Waals surface area contributed by atoms with Crippen LogP contribution in [0.1, 0.15) is 39.3 Å². The summed E-state index contributed by atoms with van der Waals surface area (Å²) in [5.41, 5.74) is 10.4. The number of pyridine rings is 1. The van der Waals surface area contributed by atoms with Crippen LogP contribution in [0.15, 0.2) is 42.9 Å². The molecular weight excluding hydrogens is 404 g/mol. The lowest BCUT2D eigenvalue weighted by atomic mass is 9.94. The standard InChI is InChI=1S/C24H26N6O2/c1-13-17(29-23(31)32-24(2,3)4)11-30-20(13)18(19-21(25)27-12-28-22(19)30)15-9-14-7-5-6-8-16(14)26-10-15/h5-10,12-13,17H,11H2,1-4H3,(H,29,31)(H2,25,27,28)/t13?,17-/m1/s1. The van der Waals surface area contributed by atoms with Crippen molar-refractivity contribution in [2.24, 2.45) is 0 Å². The molecule has 3 aromatic heterocycles. The topological polar surface area (TPSA) is 108 Å². The van der Waals surface area contributed by atoms with Crippen molar-refractivity contribution in [2.45, 2.75) is 51.8 Å². The molecule has 1 aliphatic rings. The fourth-order valence-electron chi connectivity index (χ4n) is 4.54. The van der Waals surface area contributed by atoms with Crippen LogP contribution in [0.25, 0.3) is 33.1 Å². The number of fused-ring (bicyclic) bond motifs is 4. The molecule has 8 heteroatoms. The maximum atomic E-state index is 12.5. The molecule has 1 aromatic carbocycles. The first kappa shape index (κ1) is 20.2. The average Bonchev–Trinajstić information content (AvgIpc) is 3.22. The lowest BCUT2D eigenvalue weighted by Gasteiger charge is -2.23. The number of carbonyl (C=O) groups excluding carboxylic acids is 1. The van der Waals surface area contributed by atoms with Crippen LogP contribution in [0, 0.1) is 0 Å². The Hall–Kier alpha value is -3.68. The van der Waals surface area contributed by atoms with Crippen molar-refractivity contribution in [2.75, 3.05) is 5.73 Å². The Morgan fingerprint density at radius 3 is 2.78 bits per heavy atom. The van der Waals surface area contributed by atoms with E-state index in [1.54, 1.807) is 0 Å². The molecule has 0 radical (unpaired) electrons. The van der Waals surface area contributed by atoms with Gasteiger partial charge in [-0.15, -0.1) is 0 Å². The maximum Gasteiger partial charge on any atom is 0.407 e. The van der Waals surface area contributed by atoms with Crippen LogP contribution >= 0.6 is 0 Å². The van der Waals surface area contributed by atoms with Crippen LogP contribution in [0.5, 0.6) is 0 Å². The number of carbonyl (C=O) groups is 1. The molecule has 5 rings (SSSR count). The summed E-state index contributed by atoms with van der Waals surface area (Å²) in [6, 6.07) is 9.99. The molecular formula is C24H26N6O2. The number of hydrogen-bond donors (Lipinski definition) is 2. The smallest absolute Gasteiger partial charge is 0.407 e. The number of nitrogens with zero attached hydrogens (tertiary/aromatic N) is 4. The van der Waals surface area contributed by atoms with Gasteiger partial charge < -0.3 is 20.4 Å². The van der Waals surface area contributed by atoms with Gasteiger partial charge in [0.15, 0.2) is 0 Å². The summed E-state index contributed by atoms with van der Waals surface area (Å²) in [4.78, 5) is 25.9. The normalized spacial score (nSPS) is 18.1. The number of nitrogens with two attached hydrogens (primary N) is 1. The first-order valence-corrected chi connectivity index (χ1v) is 10.7. The summed E-state index contributed by atoms with van der Waals surface area (Å²) in [7, 11) is 0. The number of nitrogens with one attached hydrogen (secondary N) is 1. The Morgan fingerprint density at radius 1 is 1.22 bits per heavy atom. The molecule has 0 bridgehead atoms. The molecule has 164 valence electrons. The number of ether oxygens (including phenoxy) is 1. The second kappa shape index (κ2) is 7.19. The van der Waals surface area contributed by atoms with Gasteiger partial charge >= 0.3 is 6.09 Å². The van der Waals surface area contributed by atoms with Gasteiger partial charge in [0.25, 0.3) is 0 Å². The second-order valence-corrected chi connectivity index (χ2v) is 9.29. The van der Waals surface area contributed by atoms with Crippen LogP contribution in [-0.4, -0.2) is 37.3 Å². The van der Waals surface area contributed by atoms with Crippen molar-refractivity contribution in [1.29, 1.82) is 0 Å². The minimum absolute atomic E-state index is 0.0117. The lowest BCUT2D eigenvalue weighted by Crippen LogP contribution is -2.41. The van der Waals surface area contributed by atoms with E-state index in [4.69, 9.17) is 10.5 Å². The summed E-state index contributed by atoms with van der Waals surface area (Å²) in [5.74, 6) is 0.446. The van der Waals surface area contributed by atoms with Crippen molar-refractivity contribution in [3.63, 3.8) is 0 Å². The molecule has 3 N–H and O–H groups in total. The van der Waals surface area contributed by atoms with Gasteiger partial charge in [0.2, 0.25) is 0 Å². The average molecular weight is 431 g/mol. The predicted octanol–water partition coefficient (Wildman–Crippen LogP) is 4.24. The van der Waals surface area contributed by atoms with Gasteiger partial charge in [-0.05, 0) is 32.9 Å². The van der Waals surface area contributed by atoms with E-state index in [0.717, 1.165) is 38.8 Å². The molecule has 4 aromatic rings. The van der Waals surface area contributed by atoms with Crippen LogP contribution in [0.3, 0.4) is 0 Å². The van der Waals surface area contributed by atoms with E-state index >= 15 is 0 Å². The summed E-state index contributed by atoms with van der Waals surface area (Å²) >= 11 is 0. The van der Waals surface area contributed by atoms with E-state index in [1.807, 2.05) is 51.2 Å². The number of para-hydroxylation sites is 1. The van der Waals surface area contributed by atoms with E-state index in [2.05, 4.69) is 37.8 Å². The fraction of sp³-hybridized carbons (Fsp3) is 0.333. The Morgan fingerprint density at radius 2 is 2.00 bits per heavy atom. The molecule has 32 heavy (non-hydrogen) atoms. The zero-order valence-electron chi connectivity index (χ0n) is 18.6. The molecule has 2 atom stereocenters. The molecule has 0 saturated carbocycles. The van der Waals surface area contributed by atoms with E-state index in [9.17, 15) is 4.79 Å². The van der Waals surface area contributed by atoms with Gasteiger partial charge in [0.1, 0.15) is 23.4 Å². The van der Waals surface area contributed by atoms with E-state index in [-0.39, 0.29) is 12.0 Å². The van der Waals surface area contributed by atoms with E-state index in [0.29, 0.717) is 12.4 Å². The third-order valence-electron chi connectivity index (χ3n) is 5.90. The van der Waals surface area contributed by atoms with Crippen LogP contribution < -0.4 is 11.1 Å². The first-order chi connectivity index (χ1) is 15.2. The fourth-order valence-corrected chi connectivity index (χ4v) is 4.54. The highest BCUT2D eigenvalue weighted by molar-refractivity contribution is 6.04.